The van der Waals surface area contributed by atoms with E-state index in [2.05, 4.69) is 5.32 Å². The van der Waals surface area contributed by atoms with Crippen LogP contribution >= 0.6 is 0 Å². The third-order valence-electron chi connectivity index (χ3n) is 1.71. The van der Waals surface area contributed by atoms with Gasteiger partial charge in [0.2, 0.25) is 5.91 Å². The van der Waals surface area contributed by atoms with Crippen molar-refractivity contribution in [2.75, 3.05) is 6.26 Å². The number of rotatable bonds is 1. The highest BCUT2D eigenvalue weighted by atomic mass is 32.2. The van der Waals surface area contributed by atoms with Crippen molar-refractivity contribution >= 4 is 15.7 Å². The van der Waals surface area contributed by atoms with Gasteiger partial charge in [0.15, 0.2) is 9.84 Å². The molecule has 1 aliphatic rings. The first-order valence-corrected chi connectivity index (χ1v) is 5.44. The van der Waals surface area contributed by atoms with Crippen LogP contribution in [0.1, 0.15) is 19.3 Å². The SMILES string of the molecule is CS(=O)(=O)[C@H]1CCCC(=O)N1. The monoisotopic (exact) mass is 177 g/mol. The predicted octanol–water partition coefficient (Wildman–Crippen LogP) is -0.343. The number of carbonyl (C=O) groups excluding carboxylic acids is 1. The van der Waals surface area contributed by atoms with Crippen LogP contribution in [0, 0.1) is 0 Å². The number of amides is 1. The van der Waals surface area contributed by atoms with E-state index in [1.807, 2.05) is 0 Å². The molecule has 0 aliphatic carbocycles. The molecule has 64 valence electrons. The third-order valence-corrected chi connectivity index (χ3v) is 3.10. The van der Waals surface area contributed by atoms with E-state index in [0.29, 0.717) is 19.3 Å². The summed E-state index contributed by atoms with van der Waals surface area (Å²) in [6, 6.07) is 0. The lowest BCUT2D eigenvalue weighted by molar-refractivity contribution is -0.122. The van der Waals surface area contributed by atoms with Crippen LogP contribution in [0.3, 0.4) is 0 Å². The fourth-order valence-electron chi connectivity index (χ4n) is 1.09. The van der Waals surface area contributed by atoms with Crippen molar-refractivity contribution in [1.82, 2.24) is 5.32 Å². The lowest BCUT2D eigenvalue weighted by Gasteiger charge is -2.20. The molecule has 0 unspecified atom stereocenters. The molecule has 5 heteroatoms. The van der Waals surface area contributed by atoms with Gasteiger partial charge in [0.25, 0.3) is 0 Å². The topological polar surface area (TPSA) is 63.2 Å². The van der Waals surface area contributed by atoms with Gasteiger partial charge in [0, 0.05) is 12.7 Å². The molecule has 0 aromatic heterocycles. The Morgan fingerprint density at radius 1 is 1.55 bits per heavy atom. The van der Waals surface area contributed by atoms with Crippen LogP contribution in [0.15, 0.2) is 0 Å². The van der Waals surface area contributed by atoms with Crippen LogP contribution in [0.2, 0.25) is 0 Å². The van der Waals surface area contributed by atoms with Gasteiger partial charge in [-0.1, -0.05) is 0 Å². The molecular formula is C6H11NO3S. The molecule has 0 aromatic rings. The maximum absolute atomic E-state index is 10.9. The molecule has 1 rings (SSSR count). The minimum atomic E-state index is -3.09. The van der Waals surface area contributed by atoms with Crippen molar-refractivity contribution < 1.29 is 13.2 Å². The maximum Gasteiger partial charge on any atom is 0.221 e. The van der Waals surface area contributed by atoms with E-state index >= 15 is 0 Å². The second-order valence-corrected chi connectivity index (χ2v) is 5.01. The average Bonchev–Trinajstić information content (AvgIpc) is 1.86. The maximum atomic E-state index is 10.9. The molecule has 0 spiro atoms. The predicted molar refractivity (Wildman–Crippen MR) is 40.6 cm³/mol. The van der Waals surface area contributed by atoms with Crippen LogP contribution in [0.4, 0.5) is 0 Å². The standard InChI is InChI=1S/C6H11NO3S/c1-11(9,10)6-4-2-3-5(8)7-6/h6H,2-4H2,1H3,(H,7,8)/t6-/m0/s1. The van der Waals surface area contributed by atoms with E-state index in [1.54, 1.807) is 0 Å². The summed E-state index contributed by atoms with van der Waals surface area (Å²) in [7, 11) is -3.09. The summed E-state index contributed by atoms with van der Waals surface area (Å²) in [5, 5.41) is 1.78. The first kappa shape index (κ1) is 8.52. The van der Waals surface area contributed by atoms with Crippen molar-refractivity contribution in [2.24, 2.45) is 0 Å². The Balaban J connectivity index is 2.68. The van der Waals surface area contributed by atoms with E-state index in [1.165, 1.54) is 0 Å². The van der Waals surface area contributed by atoms with Crippen LogP contribution < -0.4 is 5.32 Å². The Kier molecular flexibility index (Phi) is 2.17. The number of hydrogen-bond donors (Lipinski definition) is 1. The average molecular weight is 177 g/mol. The molecule has 1 atom stereocenters. The minimum Gasteiger partial charge on any atom is -0.340 e. The zero-order chi connectivity index (χ0) is 8.48. The zero-order valence-electron chi connectivity index (χ0n) is 6.33. The minimum absolute atomic E-state index is 0.160. The van der Waals surface area contributed by atoms with Crippen molar-refractivity contribution in [3.63, 3.8) is 0 Å². The lowest BCUT2D eigenvalue weighted by Crippen LogP contribution is -2.43. The molecule has 1 amide bonds. The first-order chi connectivity index (χ1) is 5.00. The molecule has 4 nitrogen and oxygen atoms in total. The highest BCUT2D eigenvalue weighted by Crippen LogP contribution is 2.11. The van der Waals surface area contributed by atoms with Gasteiger partial charge in [-0.25, -0.2) is 8.42 Å². The summed E-state index contributed by atoms with van der Waals surface area (Å²) < 4.78 is 21.8. The Morgan fingerprint density at radius 3 is 2.55 bits per heavy atom. The van der Waals surface area contributed by atoms with Gasteiger partial charge in [0.1, 0.15) is 5.37 Å². The van der Waals surface area contributed by atoms with Gasteiger partial charge in [-0.3, -0.25) is 4.79 Å². The Bertz CT molecular complexity index is 257. The second kappa shape index (κ2) is 2.81. The summed E-state index contributed by atoms with van der Waals surface area (Å²) in [5.74, 6) is -0.160. The van der Waals surface area contributed by atoms with Crippen molar-refractivity contribution in [1.29, 1.82) is 0 Å². The van der Waals surface area contributed by atoms with Crippen LogP contribution in [-0.4, -0.2) is 26.0 Å². The van der Waals surface area contributed by atoms with Gasteiger partial charge in [-0.2, -0.15) is 0 Å². The second-order valence-electron chi connectivity index (χ2n) is 2.78. The number of carbonyl (C=O) groups is 1. The van der Waals surface area contributed by atoms with Crippen LogP contribution in [0.25, 0.3) is 0 Å². The highest BCUT2D eigenvalue weighted by Gasteiger charge is 2.25. The Labute approximate surface area is 65.9 Å². The van der Waals surface area contributed by atoms with Crippen LogP contribution in [-0.2, 0) is 14.6 Å². The first-order valence-electron chi connectivity index (χ1n) is 3.48. The van der Waals surface area contributed by atoms with Crippen LogP contribution in [0.5, 0.6) is 0 Å². The summed E-state index contributed by atoms with van der Waals surface area (Å²) in [6.45, 7) is 0. The largest absolute Gasteiger partial charge is 0.340 e. The molecule has 1 heterocycles. The smallest absolute Gasteiger partial charge is 0.221 e. The molecule has 11 heavy (non-hydrogen) atoms. The lowest BCUT2D eigenvalue weighted by atomic mass is 10.2. The Morgan fingerprint density at radius 2 is 2.18 bits per heavy atom. The molecule has 1 saturated heterocycles. The molecule has 1 N–H and O–H groups in total. The molecule has 1 fully saturated rings. The molecule has 0 radical (unpaired) electrons. The number of sulfone groups is 1. The van der Waals surface area contributed by atoms with Gasteiger partial charge in [-0.05, 0) is 12.8 Å². The quantitative estimate of drug-likeness (QED) is 0.596. The zero-order valence-corrected chi connectivity index (χ0v) is 7.15. The van der Waals surface area contributed by atoms with Crippen molar-refractivity contribution in [2.45, 2.75) is 24.6 Å². The van der Waals surface area contributed by atoms with Crippen molar-refractivity contribution in [3.8, 4) is 0 Å². The summed E-state index contributed by atoms with van der Waals surface area (Å²) >= 11 is 0. The van der Waals surface area contributed by atoms with Gasteiger partial charge in [0.05, 0.1) is 0 Å². The number of piperidine rings is 1. The fraction of sp³-hybridized carbons (Fsp3) is 0.833. The molecule has 1 aliphatic heterocycles. The van der Waals surface area contributed by atoms with E-state index in [4.69, 9.17) is 0 Å². The number of nitrogens with one attached hydrogen (secondary N) is 1. The van der Waals surface area contributed by atoms with Gasteiger partial charge >= 0.3 is 0 Å². The summed E-state index contributed by atoms with van der Waals surface area (Å²) in [5.41, 5.74) is 0. The van der Waals surface area contributed by atoms with E-state index in [0.717, 1.165) is 6.26 Å². The highest BCUT2D eigenvalue weighted by molar-refractivity contribution is 7.91. The molecule has 0 aromatic carbocycles. The van der Waals surface area contributed by atoms with Gasteiger partial charge in [-0.15, -0.1) is 0 Å². The van der Waals surface area contributed by atoms with E-state index < -0.39 is 15.2 Å². The summed E-state index contributed by atoms with van der Waals surface area (Å²) in [6.07, 6.45) is 2.81. The van der Waals surface area contributed by atoms with E-state index in [9.17, 15) is 13.2 Å². The Hall–Kier alpha value is -0.580. The van der Waals surface area contributed by atoms with Crippen molar-refractivity contribution in [3.05, 3.63) is 0 Å². The molecular weight excluding hydrogens is 166 g/mol. The molecule has 0 saturated carbocycles. The van der Waals surface area contributed by atoms with E-state index in [-0.39, 0.29) is 5.91 Å². The fourth-order valence-corrected chi connectivity index (χ4v) is 2.03. The normalized spacial score (nSPS) is 26.3. The summed E-state index contributed by atoms with van der Waals surface area (Å²) in [4.78, 5) is 10.7. The van der Waals surface area contributed by atoms with Gasteiger partial charge < -0.3 is 5.32 Å². The third kappa shape index (κ3) is 2.18. The molecule has 0 bridgehead atoms. The number of hydrogen-bond acceptors (Lipinski definition) is 3.